The maximum atomic E-state index is 15.6. The number of carboxylic acid groups (broad SMARTS) is 1. The number of carbonyl (C=O) groups excluding carboxylic acids is 1. The van der Waals surface area contributed by atoms with Crippen molar-refractivity contribution >= 4 is 50.8 Å². The number of furan rings is 1. The highest BCUT2D eigenvalue weighted by Crippen LogP contribution is 2.40. The van der Waals surface area contributed by atoms with E-state index < -0.39 is 52.7 Å². The smallest absolute Gasteiger partial charge is 0.414 e. The molecule has 0 aliphatic heterocycles. The van der Waals surface area contributed by atoms with Crippen LogP contribution in [0.15, 0.2) is 62.9 Å². The van der Waals surface area contributed by atoms with Crippen LogP contribution in [0.25, 0.3) is 43.9 Å². The maximum absolute atomic E-state index is 15.6. The number of ether oxygens (including phenoxy) is 1. The van der Waals surface area contributed by atoms with Gasteiger partial charge in [-0.1, -0.05) is 0 Å². The number of fused-ring (bicyclic) bond motifs is 4. The number of nitrogens with zero attached hydrogens (tertiary/aromatic N) is 2. The highest BCUT2D eigenvalue weighted by atomic mass is 19.1. The Bertz CT molecular complexity index is 2270. The lowest BCUT2D eigenvalue weighted by Crippen LogP contribution is -2.28. The number of hydrogen-bond acceptors (Lipinski definition) is 7. The number of nitrogens with one attached hydrogen (secondary N) is 3. The van der Waals surface area contributed by atoms with Gasteiger partial charge in [0, 0.05) is 23.4 Å². The minimum absolute atomic E-state index is 0.00384. The molecule has 1 amide bonds. The Morgan fingerprint density at radius 2 is 1.86 bits per heavy atom. The van der Waals surface area contributed by atoms with Crippen LogP contribution in [0.2, 0.25) is 0 Å². The van der Waals surface area contributed by atoms with Crippen LogP contribution in [0.5, 0.6) is 0 Å². The van der Waals surface area contributed by atoms with E-state index in [4.69, 9.17) is 9.15 Å². The van der Waals surface area contributed by atoms with E-state index in [1.54, 1.807) is 20.8 Å². The van der Waals surface area contributed by atoms with Crippen LogP contribution in [-0.4, -0.2) is 42.3 Å². The molecule has 0 spiro atoms. The summed E-state index contributed by atoms with van der Waals surface area (Å²) in [6.45, 7) is 4.47. The predicted molar refractivity (Wildman–Crippen MR) is 156 cm³/mol. The highest BCUT2D eigenvalue weighted by Gasteiger charge is 2.29. The van der Waals surface area contributed by atoms with Crippen LogP contribution in [0, 0.1) is 11.6 Å². The molecule has 0 bridgehead atoms. The molecule has 6 rings (SSSR count). The van der Waals surface area contributed by atoms with Gasteiger partial charge in [-0.3, -0.25) is 19.9 Å². The van der Waals surface area contributed by atoms with Gasteiger partial charge in [-0.2, -0.15) is 0 Å². The second kappa shape index (κ2) is 10.2. The van der Waals surface area contributed by atoms with Crippen LogP contribution in [0.4, 0.5) is 19.5 Å². The summed E-state index contributed by atoms with van der Waals surface area (Å²) in [4.78, 5) is 59.7. The maximum Gasteiger partial charge on any atom is 0.414 e. The SMILES string of the molecule is CC(C)(C)OC(=O)Nc1nc2cc(F)c(Cn3c(C(=O)O)c(-c4ccc[nH]c4=O)c4c5occc5c(F)cc43)cc2c(=O)[nH]1. The van der Waals surface area contributed by atoms with E-state index in [0.29, 0.717) is 0 Å². The summed E-state index contributed by atoms with van der Waals surface area (Å²) >= 11 is 0. The first kappa shape index (κ1) is 28.3. The summed E-state index contributed by atoms with van der Waals surface area (Å²) in [5.74, 6) is -3.34. The molecule has 0 unspecified atom stereocenters. The highest BCUT2D eigenvalue weighted by molar-refractivity contribution is 6.17. The van der Waals surface area contributed by atoms with Gasteiger partial charge in [0.1, 0.15) is 28.5 Å². The quantitative estimate of drug-likeness (QED) is 0.204. The zero-order valence-electron chi connectivity index (χ0n) is 23.4. The molecule has 0 aliphatic carbocycles. The van der Waals surface area contributed by atoms with Crippen LogP contribution < -0.4 is 16.4 Å². The number of benzene rings is 2. The molecule has 12 nitrogen and oxygen atoms in total. The monoisotopic (exact) mass is 603 g/mol. The Balaban J connectivity index is 1.54. The van der Waals surface area contributed by atoms with Crippen molar-refractivity contribution in [3.63, 3.8) is 0 Å². The lowest BCUT2D eigenvalue weighted by Gasteiger charge is -2.19. The van der Waals surface area contributed by atoms with Crippen LogP contribution >= 0.6 is 0 Å². The number of H-pyrrole nitrogens is 2. The summed E-state index contributed by atoms with van der Waals surface area (Å²) in [6.07, 6.45) is 1.72. The molecule has 2 aromatic carbocycles. The minimum Gasteiger partial charge on any atom is -0.477 e. The van der Waals surface area contributed by atoms with Gasteiger partial charge in [-0.15, -0.1) is 0 Å². The van der Waals surface area contributed by atoms with Crippen molar-refractivity contribution in [3.8, 4) is 11.1 Å². The zero-order valence-corrected chi connectivity index (χ0v) is 23.4. The third-order valence-corrected chi connectivity index (χ3v) is 6.83. The van der Waals surface area contributed by atoms with Gasteiger partial charge in [0.05, 0.1) is 45.6 Å². The zero-order chi connectivity index (χ0) is 31.5. The molecule has 0 fully saturated rings. The molecule has 224 valence electrons. The molecular formula is C30H23F2N5O7. The number of aromatic nitrogens is 4. The van der Waals surface area contributed by atoms with Gasteiger partial charge in [0.25, 0.3) is 11.1 Å². The molecule has 0 aliphatic rings. The first-order valence-corrected chi connectivity index (χ1v) is 13.2. The third-order valence-electron chi connectivity index (χ3n) is 6.83. The third kappa shape index (κ3) is 4.85. The first-order chi connectivity index (χ1) is 20.8. The van der Waals surface area contributed by atoms with Gasteiger partial charge < -0.3 is 23.8 Å². The number of aromatic carboxylic acids is 1. The van der Waals surface area contributed by atoms with E-state index in [-0.39, 0.29) is 55.4 Å². The lowest BCUT2D eigenvalue weighted by atomic mass is 10.0. The molecular weight excluding hydrogens is 580 g/mol. The number of rotatable bonds is 5. The molecule has 44 heavy (non-hydrogen) atoms. The van der Waals surface area contributed by atoms with Crippen molar-refractivity contribution in [2.24, 2.45) is 0 Å². The average Bonchev–Trinajstić information content (AvgIpc) is 3.52. The normalized spacial score (nSPS) is 11.8. The topological polar surface area (TPSA) is 172 Å². The Morgan fingerprint density at radius 3 is 2.57 bits per heavy atom. The molecule has 0 atom stereocenters. The molecule has 4 aromatic heterocycles. The first-order valence-electron chi connectivity index (χ1n) is 13.2. The van der Waals surface area contributed by atoms with Gasteiger partial charge in [0.15, 0.2) is 0 Å². The summed E-state index contributed by atoms with van der Waals surface area (Å²) in [5.41, 5.74) is -2.87. The van der Waals surface area contributed by atoms with Crippen LogP contribution in [0.1, 0.15) is 36.8 Å². The van der Waals surface area contributed by atoms with Crippen LogP contribution in [0.3, 0.4) is 0 Å². The van der Waals surface area contributed by atoms with E-state index in [1.165, 1.54) is 36.7 Å². The number of carboxylic acids is 1. The van der Waals surface area contributed by atoms with E-state index >= 15 is 8.78 Å². The van der Waals surface area contributed by atoms with Gasteiger partial charge >= 0.3 is 12.1 Å². The summed E-state index contributed by atoms with van der Waals surface area (Å²) in [7, 11) is 0. The Kier molecular flexibility index (Phi) is 6.56. The molecule has 6 aromatic rings. The van der Waals surface area contributed by atoms with Crippen molar-refractivity contribution in [1.82, 2.24) is 19.5 Å². The molecule has 14 heteroatoms. The van der Waals surface area contributed by atoms with Gasteiger partial charge in [-0.05, 0) is 51.1 Å². The fourth-order valence-electron chi connectivity index (χ4n) is 5.13. The molecule has 4 N–H and O–H groups in total. The lowest BCUT2D eigenvalue weighted by molar-refractivity contribution is 0.0632. The standard InChI is InChI=1S/C30H23F2N5O7/c1-30(2,3)44-29(42)36-28-34-19-10-17(31)13(9-16(19)26(39)35-28)12-37-20-11-18(32)14-6-8-43-24(14)22(20)21(23(37)27(40)41)15-5-4-7-33-25(15)38/h4-11H,12H2,1-3H3,(H,33,38)(H,40,41)(H2,34,35,36,39,42). The van der Waals surface area contributed by atoms with Gasteiger partial charge in [0.2, 0.25) is 5.95 Å². The summed E-state index contributed by atoms with van der Waals surface area (Å²) < 4.78 is 42.6. The van der Waals surface area contributed by atoms with Crippen molar-refractivity contribution in [1.29, 1.82) is 0 Å². The number of halogens is 2. The average molecular weight is 604 g/mol. The van der Waals surface area contributed by atoms with Crippen molar-refractivity contribution < 1.29 is 32.6 Å². The second-order valence-corrected chi connectivity index (χ2v) is 10.9. The Labute approximate surface area is 244 Å². The van der Waals surface area contributed by atoms with E-state index in [9.17, 15) is 24.3 Å². The summed E-state index contributed by atoms with van der Waals surface area (Å²) in [5, 5.41) is 12.8. The van der Waals surface area contributed by atoms with Crippen molar-refractivity contribution in [2.45, 2.75) is 32.9 Å². The van der Waals surface area contributed by atoms with E-state index in [0.717, 1.165) is 16.7 Å². The number of pyridine rings is 1. The number of aromatic amines is 2. The fourth-order valence-corrected chi connectivity index (χ4v) is 5.13. The fraction of sp³-hybridized carbons (Fsp3) is 0.167. The van der Waals surface area contributed by atoms with Crippen LogP contribution in [-0.2, 0) is 11.3 Å². The van der Waals surface area contributed by atoms with E-state index in [1.807, 2.05) is 0 Å². The van der Waals surface area contributed by atoms with E-state index in [2.05, 4.69) is 20.3 Å². The Hall–Kier alpha value is -5.79. The molecule has 0 saturated carbocycles. The molecule has 4 heterocycles. The number of carbonyl (C=O) groups is 2. The number of amides is 1. The largest absolute Gasteiger partial charge is 0.477 e. The van der Waals surface area contributed by atoms with Gasteiger partial charge in [-0.25, -0.2) is 23.4 Å². The summed E-state index contributed by atoms with van der Waals surface area (Å²) in [6, 6.07) is 7.51. The number of anilines is 1. The molecule has 0 radical (unpaired) electrons. The second-order valence-electron chi connectivity index (χ2n) is 10.9. The predicted octanol–water partition coefficient (Wildman–Crippen LogP) is 5.35. The van der Waals surface area contributed by atoms with Crippen molar-refractivity contribution in [2.75, 3.05) is 5.32 Å². The Morgan fingerprint density at radius 1 is 1.09 bits per heavy atom. The number of hydrogen-bond donors (Lipinski definition) is 4. The molecule has 0 saturated heterocycles. The van der Waals surface area contributed by atoms with Crippen molar-refractivity contribution in [3.05, 3.63) is 92.5 Å². The minimum atomic E-state index is -1.47.